The number of thioether (sulfide) groups is 2. The fourth-order valence-electron chi connectivity index (χ4n) is 5.31. The molecule has 1 aromatic heterocycles. The SMILES string of the molecule is O=c1/c(=C\c2ccccc2)sc2n1[C@H](c1ccccc1)[C@@H]1CCCC(=C3SCCCS3)[C@H]1N=2. The number of hydrogen-bond donors (Lipinski definition) is 0. The number of aromatic nitrogens is 1. The van der Waals surface area contributed by atoms with Gasteiger partial charge in [0, 0.05) is 10.2 Å². The third-order valence-electron chi connectivity index (χ3n) is 6.77. The second-order valence-electron chi connectivity index (χ2n) is 8.83. The van der Waals surface area contributed by atoms with Gasteiger partial charge in [-0.15, -0.1) is 23.5 Å². The van der Waals surface area contributed by atoms with Crippen molar-refractivity contribution in [3.05, 3.63) is 101 Å². The van der Waals surface area contributed by atoms with E-state index in [2.05, 4.69) is 42.5 Å². The highest BCUT2D eigenvalue weighted by atomic mass is 32.2. The maximum atomic E-state index is 13.7. The van der Waals surface area contributed by atoms with E-state index < -0.39 is 0 Å². The summed E-state index contributed by atoms with van der Waals surface area (Å²) in [6, 6.07) is 21.0. The lowest BCUT2D eigenvalue weighted by atomic mass is 9.75. The Kier molecular flexibility index (Phi) is 6.07. The van der Waals surface area contributed by atoms with Gasteiger partial charge in [-0.2, -0.15) is 0 Å². The quantitative estimate of drug-likeness (QED) is 0.494. The van der Waals surface area contributed by atoms with E-state index in [0.717, 1.165) is 27.7 Å². The van der Waals surface area contributed by atoms with Gasteiger partial charge in [0.05, 0.1) is 16.6 Å². The summed E-state index contributed by atoms with van der Waals surface area (Å²) in [5, 5.41) is 0. The first-order valence-corrected chi connectivity index (χ1v) is 14.5. The Bertz CT molecular complexity index is 1350. The van der Waals surface area contributed by atoms with Crippen molar-refractivity contribution < 1.29 is 0 Å². The molecule has 6 rings (SSSR count). The molecule has 0 unspecified atom stereocenters. The molecular formula is C27H26N2OS3. The van der Waals surface area contributed by atoms with Gasteiger partial charge in [0.2, 0.25) is 0 Å². The summed E-state index contributed by atoms with van der Waals surface area (Å²) in [5.74, 6) is 2.76. The summed E-state index contributed by atoms with van der Waals surface area (Å²) in [7, 11) is 0. The Labute approximate surface area is 206 Å². The van der Waals surface area contributed by atoms with Crippen LogP contribution in [0.4, 0.5) is 0 Å². The fraction of sp³-hybridized carbons (Fsp3) is 0.333. The molecule has 0 amide bonds. The Morgan fingerprint density at radius 3 is 2.42 bits per heavy atom. The van der Waals surface area contributed by atoms with Crippen LogP contribution in [-0.4, -0.2) is 22.1 Å². The molecule has 3 atom stereocenters. The van der Waals surface area contributed by atoms with Crippen molar-refractivity contribution in [3.63, 3.8) is 0 Å². The highest BCUT2D eigenvalue weighted by Gasteiger charge is 2.41. The molecule has 168 valence electrons. The van der Waals surface area contributed by atoms with E-state index in [0.29, 0.717) is 5.92 Å². The number of hydrogen-bond acceptors (Lipinski definition) is 5. The van der Waals surface area contributed by atoms with E-state index >= 15 is 0 Å². The van der Waals surface area contributed by atoms with Crippen LogP contribution in [-0.2, 0) is 0 Å². The third-order valence-corrected chi connectivity index (χ3v) is 10.5. The first-order chi connectivity index (χ1) is 16.3. The molecular weight excluding hydrogens is 465 g/mol. The van der Waals surface area contributed by atoms with Crippen LogP contribution in [0.15, 0.2) is 80.3 Å². The van der Waals surface area contributed by atoms with Crippen molar-refractivity contribution in [1.29, 1.82) is 0 Å². The molecule has 3 nitrogen and oxygen atoms in total. The zero-order valence-corrected chi connectivity index (χ0v) is 20.8. The van der Waals surface area contributed by atoms with Crippen LogP contribution in [0.5, 0.6) is 0 Å². The highest BCUT2D eigenvalue weighted by molar-refractivity contribution is 8.22. The molecule has 0 N–H and O–H groups in total. The maximum Gasteiger partial charge on any atom is 0.270 e. The predicted molar refractivity (Wildman–Crippen MR) is 142 cm³/mol. The van der Waals surface area contributed by atoms with E-state index in [1.807, 2.05) is 52.4 Å². The lowest BCUT2D eigenvalue weighted by Crippen LogP contribution is -2.47. The average Bonchev–Trinajstić information content (AvgIpc) is 3.18. The van der Waals surface area contributed by atoms with Gasteiger partial charge in [0.15, 0.2) is 4.80 Å². The first kappa shape index (κ1) is 21.5. The maximum absolute atomic E-state index is 13.7. The average molecular weight is 491 g/mol. The summed E-state index contributed by atoms with van der Waals surface area (Å²) >= 11 is 5.60. The fourth-order valence-corrected chi connectivity index (χ4v) is 9.13. The number of fused-ring (bicyclic) bond motifs is 2. The molecule has 1 aliphatic carbocycles. The van der Waals surface area contributed by atoms with Crippen LogP contribution in [0, 0.1) is 5.92 Å². The molecule has 1 saturated heterocycles. The zero-order valence-electron chi connectivity index (χ0n) is 18.4. The molecule has 0 radical (unpaired) electrons. The number of benzene rings is 2. The van der Waals surface area contributed by atoms with Gasteiger partial charge in [-0.05, 0) is 60.0 Å². The second kappa shape index (κ2) is 9.32. The van der Waals surface area contributed by atoms with Gasteiger partial charge in [0.1, 0.15) is 0 Å². The van der Waals surface area contributed by atoms with Gasteiger partial charge in [-0.1, -0.05) is 72.0 Å². The van der Waals surface area contributed by atoms with E-state index in [1.54, 1.807) is 11.3 Å². The lowest BCUT2D eigenvalue weighted by molar-refractivity contribution is 0.254. The van der Waals surface area contributed by atoms with Gasteiger partial charge in [-0.25, -0.2) is 0 Å². The lowest BCUT2D eigenvalue weighted by Gasteiger charge is -2.40. The van der Waals surface area contributed by atoms with E-state index in [1.165, 1.54) is 39.7 Å². The minimum absolute atomic E-state index is 0.0415. The summed E-state index contributed by atoms with van der Waals surface area (Å²) in [4.78, 5) is 19.9. The van der Waals surface area contributed by atoms with Crippen LogP contribution < -0.4 is 14.9 Å². The van der Waals surface area contributed by atoms with Gasteiger partial charge >= 0.3 is 0 Å². The zero-order chi connectivity index (χ0) is 22.2. The van der Waals surface area contributed by atoms with Gasteiger partial charge in [-0.3, -0.25) is 14.4 Å². The van der Waals surface area contributed by atoms with Crippen molar-refractivity contribution in [1.82, 2.24) is 4.57 Å². The molecule has 0 spiro atoms. The highest BCUT2D eigenvalue weighted by Crippen LogP contribution is 2.47. The minimum atomic E-state index is 0.0415. The molecule has 0 bridgehead atoms. The van der Waals surface area contributed by atoms with Crippen molar-refractivity contribution in [2.24, 2.45) is 10.9 Å². The summed E-state index contributed by atoms with van der Waals surface area (Å²) in [6.45, 7) is 0. The van der Waals surface area contributed by atoms with E-state index in [-0.39, 0.29) is 17.6 Å². The predicted octanol–water partition coefficient (Wildman–Crippen LogP) is 5.21. The van der Waals surface area contributed by atoms with Crippen molar-refractivity contribution in [2.45, 2.75) is 37.8 Å². The molecule has 6 heteroatoms. The van der Waals surface area contributed by atoms with Gasteiger partial charge < -0.3 is 0 Å². The molecule has 2 aliphatic heterocycles. The van der Waals surface area contributed by atoms with Crippen LogP contribution in [0.25, 0.3) is 6.08 Å². The largest absolute Gasteiger partial charge is 0.276 e. The Balaban J connectivity index is 1.57. The number of rotatable bonds is 2. The molecule has 2 aromatic carbocycles. The molecule has 3 aliphatic rings. The van der Waals surface area contributed by atoms with Crippen LogP contribution in [0.1, 0.15) is 42.9 Å². The monoisotopic (exact) mass is 490 g/mol. The van der Waals surface area contributed by atoms with Crippen molar-refractivity contribution >= 4 is 40.9 Å². The molecule has 33 heavy (non-hydrogen) atoms. The third kappa shape index (κ3) is 4.07. The normalized spacial score (nSPS) is 25.3. The van der Waals surface area contributed by atoms with E-state index in [9.17, 15) is 4.79 Å². The Hall–Kier alpha value is -2.02. The first-order valence-electron chi connectivity index (χ1n) is 11.7. The number of nitrogens with zero attached hydrogens (tertiary/aromatic N) is 2. The summed E-state index contributed by atoms with van der Waals surface area (Å²) in [6.07, 6.45) is 6.73. The van der Waals surface area contributed by atoms with Crippen LogP contribution in [0.2, 0.25) is 0 Å². The van der Waals surface area contributed by atoms with Crippen LogP contribution >= 0.6 is 34.9 Å². The number of thiazole rings is 1. The standard InChI is InChI=1S/C27H26N2OS3/c30-25-22(17-18-9-3-1-4-10-18)33-27-28-23-20(24(29(25)27)19-11-5-2-6-12-19)13-7-14-21(23)26-31-15-8-16-32-26/h1-6,9-12,17,20,23-24H,7-8,13-16H2/b22-17+/t20-,23+,24-/m1/s1. The Morgan fingerprint density at radius 1 is 0.939 bits per heavy atom. The van der Waals surface area contributed by atoms with Crippen molar-refractivity contribution in [2.75, 3.05) is 11.5 Å². The van der Waals surface area contributed by atoms with Gasteiger partial charge in [0.25, 0.3) is 5.56 Å². The van der Waals surface area contributed by atoms with Crippen LogP contribution in [0.3, 0.4) is 0 Å². The second-order valence-corrected chi connectivity index (χ2v) is 12.3. The van der Waals surface area contributed by atoms with E-state index in [4.69, 9.17) is 4.99 Å². The summed E-state index contributed by atoms with van der Waals surface area (Å²) < 4.78 is 4.29. The minimum Gasteiger partial charge on any atom is -0.276 e. The summed E-state index contributed by atoms with van der Waals surface area (Å²) in [5.41, 5.74) is 3.91. The molecule has 2 fully saturated rings. The molecule has 1 saturated carbocycles. The molecule has 3 heterocycles. The topological polar surface area (TPSA) is 34.4 Å². The van der Waals surface area contributed by atoms with Crippen molar-refractivity contribution in [3.8, 4) is 0 Å². The molecule has 3 aromatic rings. The Morgan fingerprint density at radius 2 is 1.67 bits per heavy atom. The smallest absolute Gasteiger partial charge is 0.270 e.